The van der Waals surface area contributed by atoms with E-state index in [4.69, 9.17) is 23.4 Å². The van der Waals surface area contributed by atoms with Crippen molar-refractivity contribution in [3.05, 3.63) is 224 Å². The van der Waals surface area contributed by atoms with Crippen LogP contribution in [0.1, 0.15) is 40.0 Å². The third-order valence-corrected chi connectivity index (χ3v) is 11.4. The SMILES string of the molecule is [2H]c1c([2H])c([2H])c(-c2cccc(-c3c([2H])c([2H])c([2H])c([2H])c3[2H])c2-[n+]2[c-]n(-c3cccc(Oc4ccc5c6cccc(-c7ccccc7)c6n(-c6cc(C(C)(C)C)ccn6)c5c4)c3)c3ccccc32)c([2H])c1[2H]. The normalized spacial score (nSPS) is 14.0. The van der Waals surface area contributed by atoms with Gasteiger partial charge in [0.25, 0.3) is 6.33 Å². The molecule has 0 aliphatic rings. The first-order valence-corrected chi connectivity index (χ1v) is 20.6. The summed E-state index contributed by atoms with van der Waals surface area (Å²) >= 11 is 0. The molecule has 3 heterocycles. The van der Waals surface area contributed by atoms with E-state index in [1.807, 2.05) is 85.1 Å². The van der Waals surface area contributed by atoms with Crippen molar-refractivity contribution in [3.8, 4) is 62.1 Å². The molecule has 0 bridgehead atoms. The number of benzene rings is 8. The van der Waals surface area contributed by atoms with Crippen molar-refractivity contribution < 1.29 is 23.0 Å². The molecule has 0 aliphatic heterocycles. The van der Waals surface area contributed by atoms with E-state index in [-0.39, 0.29) is 33.4 Å². The quantitative estimate of drug-likeness (QED) is 0.113. The molecule has 0 atom stereocenters. The second-order valence-corrected chi connectivity index (χ2v) is 16.3. The number of rotatable bonds is 8. The van der Waals surface area contributed by atoms with Gasteiger partial charge in [-0.3, -0.25) is 13.7 Å². The van der Waals surface area contributed by atoms with Crippen molar-refractivity contribution in [3.63, 3.8) is 0 Å². The number of imidazole rings is 1. The second-order valence-electron chi connectivity index (χ2n) is 16.3. The first kappa shape index (κ1) is 28.5. The Hall–Kier alpha value is -8.02. The molecule has 0 N–H and O–H groups in total. The van der Waals surface area contributed by atoms with Gasteiger partial charge in [0.15, 0.2) is 0 Å². The number of hydrogen-bond donors (Lipinski definition) is 0. The van der Waals surface area contributed by atoms with E-state index in [2.05, 4.69) is 80.2 Å². The van der Waals surface area contributed by atoms with E-state index < -0.39 is 60.4 Å². The second kappa shape index (κ2) is 15.5. The monoisotopic (exact) mass is 822 g/mol. The summed E-state index contributed by atoms with van der Waals surface area (Å²) in [6.07, 6.45) is 5.31. The summed E-state index contributed by atoms with van der Waals surface area (Å²) in [5.74, 6) is 1.87. The summed E-state index contributed by atoms with van der Waals surface area (Å²) in [5, 5.41) is 2.10. The maximum atomic E-state index is 9.04. The minimum atomic E-state index is -0.567. The van der Waals surface area contributed by atoms with E-state index >= 15 is 0 Å². The van der Waals surface area contributed by atoms with Gasteiger partial charge in [-0.05, 0) is 81.3 Å². The Morgan fingerprint density at radius 3 is 1.98 bits per heavy atom. The molecule has 0 amide bonds. The molecule has 5 nitrogen and oxygen atoms in total. The molecule has 0 aliphatic carbocycles. The number of hydrogen-bond acceptors (Lipinski definition) is 2. The Labute approximate surface area is 381 Å². The number of nitrogens with zero attached hydrogens (tertiary/aromatic N) is 4. The number of ether oxygens (including phenoxy) is 1. The van der Waals surface area contributed by atoms with Crippen LogP contribution in [0.15, 0.2) is 212 Å². The summed E-state index contributed by atoms with van der Waals surface area (Å²) < 4.78 is 99.6. The number of aromatic nitrogens is 4. The van der Waals surface area contributed by atoms with Gasteiger partial charge in [-0.2, -0.15) is 0 Å². The van der Waals surface area contributed by atoms with Gasteiger partial charge in [0.2, 0.25) is 0 Å². The van der Waals surface area contributed by atoms with Gasteiger partial charge in [0.1, 0.15) is 17.3 Å². The van der Waals surface area contributed by atoms with Crippen molar-refractivity contribution in [1.82, 2.24) is 14.1 Å². The van der Waals surface area contributed by atoms with Gasteiger partial charge in [-0.1, -0.05) is 178 Å². The summed E-state index contributed by atoms with van der Waals surface area (Å²) in [7, 11) is 0. The maximum Gasteiger partial charge on any atom is 0.269 e. The highest BCUT2D eigenvalue weighted by Gasteiger charge is 2.22. The van der Waals surface area contributed by atoms with Crippen molar-refractivity contribution in [2.24, 2.45) is 0 Å². The fraction of sp³-hybridized carbons (Fsp3) is 0.0690. The zero-order valence-corrected chi connectivity index (χ0v) is 34.6. The van der Waals surface area contributed by atoms with Gasteiger partial charge >= 0.3 is 0 Å². The third kappa shape index (κ3) is 6.84. The molecule has 11 aromatic rings. The lowest BCUT2D eigenvalue weighted by Crippen LogP contribution is -2.31. The van der Waals surface area contributed by atoms with Crippen LogP contribution >= 0.6 is 0 Å². The third-order valence-electron chi connectivity index (χ3n) is 11.4. The molecule has 3 aromatic heterocycles. The van der Waals surface area contributed by atoms with Crippen LogP contribution in [-0.4, -0.2) is 14.1 Å². The summed E-state index contributed by atoms with van der Waals surface area (Å²) in [6.45, 7) is 6.56. The Kier molecular flexibility index (Phi) is 7.00. The topological polar surface area (TPSA) is 35.9 Å². The van der Waals surface area contributed by atoms with Gasteiger partial charge in [0, 0.05) is 28.6 Å². The van der Waals surface area contributed by atoms with Crippen LogP contribution in [0, 0.1) is 6.33 Å². The van der Waals surface area contributed by atoms with Crippen molar-refractivity contribution in [1.29, 1.82) is 0 Å². The van der Waals surface area contributed by atoms with Crippen molar-refractivity contribution >= 4 is 32.8 Å². The lowest BCUT2D eigenvalue weighted by Gasteiger charge is -2.20. The van der Waals surface area contributed by atoms with Crippen molar-refractivity contribution in [2.75, 3.05) is 0 Å². The zero-order chi connectivity index (χ0) is 51.2. The average molecular weight is 823 g/mol. The highest BCUT2D eigenvalue weighted by molar-refractivity contribution is 6.14. The lowest BCUT2D eigenvalue weighted by atomic mass is 9.88. The largest absolute Gasteiger partial charge is 0.458 e. The van der Waals surface area contributed by atoms with E-state index in [9.17, 15) is 0 Å². The predicted molar refractivity (Wildman–Crippen MR) is 257 cm³/mol. The van der Waals surface area contributed by atoms with E-state index in [0.717, 1.165) is 44.3 Å². The van der Waals surface area contributed by atoms with Gasteiger partial charge in [-0.25, -0.2) is 4.98 Å². The average Bonchev–Trinajstić information content (AvgIpc) is 3.95. The zero-order valence-electron chi connectivity index (χ0n) is 44.6. The summed E-state index contributed by atoms with van der Waals surface area (Å²) in [5.41, 5.74) is 7.16. The molecule has 11 rings (SSSR count). The Morgan fingerprint density at radius 1 is 0.571 bits per heavy atom. The highest BCUT2D eigenvalue weighted by atomic mass is 16.5. The fourth-order valence-corrected chi connectivity index (χ4v) is 8.40. The lowest BCUT2D eigenvalue weighted by molar-refractivity contribution is -0.571. The molecule has 0 radical (unpaired) electrons. The molecule has 0 saturated heterocycles. The summed E-state index contributed by atoms with van der Waals surface area (Å²) in [4.78, 5) is 4.95. The number of pyridine rings is 1. The smallest absolute Gasteiger partial charge is 0.269 e. The van der Waals surface area contributed by atoms with E-state index in [1.165, 1.54) is 0 Å². The predicted octanol–water partition coefficient (Wildman–Crippen LogP) is 14.3. The Bertz CT molecular complexity index is 3920. The molecule has 0 saturated carbocycles. The van der Waals surface area contributed by atoms with Gasteiger partial charge < -0.3 is 4.74 Å². The molecule has 8 aromatic carbocycles. The molecule has 63 heavy (non-hydrogen) atoms. The first-order chi connectivity index (χ1) is 35.0. The Morgan fingerprint density at radius 2 is 1.24 bits per heavy atom. The molecule has 0 spiro atoms. The number of para-hydroxylation sites is 4. The molecule has 0 fully saturated rings. The summed E-state index contributed by atoms with van der Waals surface area (Å²) in [6, 6.07) is 41.4. The van der Waals surface area contributed by atoms with Gasteiger partial charge in [0.05, 0.1) is 47.1 Å². The molecule has 0 unspecified atom stereocenters. The fourth-order valence-electron chi connectivity index (χ4n) is 8.40. The first-order valence-electron chi connectivity index (χ1n) is 25.6. The van der Waals surface area contributed by atoms with Crippen LogP contribution in [0.4, 0.5) is 0 Å². The minimum absolute atomic E-state index is 0.125. The molecule has 302 valence electrons. The minimum Gasteiger partial charge on any atom is -0.458 e. The molecular weight excluding hydrogens is 769 g/mol. The van der Waals surface area contributed by atoms with Crippen LogP contribution in [0.25, 0.3) is 83.4 Å². The van der Waals surface area contributed by atoms with E-state index in [0.29, 0.717) is 28.2 Å². The molecular formula is C58H44N4O. The van der Waals surface area contributed by atoms with Crippen LogP contribution in [-0.2, 0) is 5.41 Å². The maximum absolute atomic E-state index is 9.04. The Balaban J connectivity index is 1.09. The highest BCUT2D eigenvalue weighted by Crippen LogP contribution is 2.41. The number of fused-ring (bicyclic) bond motifs is 4. The van der Waals surface area contributed by atoms with Crippen LogP contribution in [0.2, 0.25) is 0 Å². The van der Waals surface area contributed by atoms with Crippen molar-refractivity contribution in [2.45, 2.75) is 26.2 Å². The van der Waals surface area contributed by atoms with Crippen LogP contribution < -0.4 is 9.30 Å². The van der Waals surface area contributed by atoms with Crippen LogP contribution in [0.5, 0.6) is 11.5 Å². The van der Waals surface area contributed by atoms with E-state index in [1.54, 1.807) is 27.3 Å². The van der Waals surface area contributed by atoms with Crippen LogP contribution in [0.3, 0.4) is 0 Å². The van der Waals surface area contributed by atoms with Gasteiger partial charge in [-0.15, -0.1) is 0 Å². The standard InChI is InChI=1S/C58H44N4O/c1-58(2,3)43-34-35-59-55(36-43)62-54-38-46(32-33-50(54)51-29-17-28-49(57(51)62)42-22-11-6-12-23-42)63-45-25-15-24-44(37-45)60-39-61(53-31-14-13-30-52(53)60)56-47(40-18-7-4-8-19-40)26-16-27-48(56)41-20-9-5-10-21-41/h4-38H,1-3H3/i4D,5D,7D,8D,9D,10D,18D,19D,20D,21D. The molecule has 5 heteroatoms.